The van der Waals surface area contributed by atoms with Crippen molar-refractivity contribution in [1.29, 1.82) is 0 Å². The zero-order chi connectivity index (χ0) is 19.0. The minimum atomic E-state index is -0.812. The van der Waals surface area contributed by atoms with Crippen molar-refractivity contribution in [3.05, 3.63) is 24.3 Å². The van der Waals surface area contributed by atoms with Crippen LogP contribution in [0.25, 0.3) is 0 Å². The number of piperidine rings is 1. The van der Waals surface area contributed by atoms with Crippen LogP contribution in [0.2, 0.25) is 0 Å². The molecule has 2 heterocycles. The van der Waals surface area contributed by atoms with Gasteiger partial charge in [0.15, 0.2) is 0 Å². The number of likely N-dealkylation sites (tertiary alicyclic amines) is 1. The summed E-state index contributed by atoms with van der Waals surface area (Å²) in [6, 6.07) is 7.41. The highest BCUT2D eigenvalue weighted by Gasteiger charge is 2.52. The van der Waals surface area contributed by atoms with E-state index in [4.69, 9.17) is 0 Å². The van der Waals surface area contributed by atoms with Crippen LogP contribution in [0, 0.1) is 5.92 Å². The summed E-state index contributed by atoms with van der Waals surface area (Å²) in [5.41, 5.74) is 0.596. The molecule has 0 bridgehead atoms. The molecule has 28 heavy (non-hydrogen) atoms. The molecule has 1 saturated carbocycles. The Labute approximate surface area is 170 Å². The Balaban J connectivity index is 0.00000225. The van der Waals surface area contributed by atoms with Crippen LogP contribution in [0.15, 0.2) is 24.3 Å². The SMILES string of the molecule is Cl.O=C(O)C1CCCN(CC(=O)N2c3ccccc3NC(=O)C23CCCC3)C1. The average molecular weight is 408 g/mol. The predicted molar refractivity (Wildman–Crippen MR) is 108 cm³/mol. The molecular weight excluding hydrogens is 382 g/mol. The van der Waals surface area contributed by atoms with Crippen molar-refractivity contribution in [3.8, 4) is 0 Å². The first-order valence-corrected chi connectivity index (χ1v) is 9.70. The number of halogens is 1. The van der Waals surface area contributed by atoms with Gasteiger partial charge in [-0.25, -0.2) is 0 Å². The minimum Gasteiger partial charge on any atom is -0.481 e. The summed E-state index contributed by atoms with van der Waals surface area (Å²) in [6.45, 7) is 1.24. The van der Waals surface area contributed by atoms with Crippen LogP contribution in [0.3, 0.4) is 0 Å². The molecule has 152 valence electrons. The molecule has 1 unspecified atom stereocenters. The van der Waals surface area contributed by atoms with Gasteiger partial charge in [-0.3, -0.25) is 24.2 Å². The van der Waals surface area contributed by atoms with Crippen LogP contribution in [-0.4, -0.2) is 53.0 Å². The Hall–Kier alpha value is -2.12. The maximum atomic E-state index is 13.4. The third-order valence-corrected chi connectivity index (χ3v) is 6.14. The number of anilines is 2. The normalized spacial score (nSPS) is 23.6. The van der Waals surface area contributed by atoms with Crippen LogP contribution in [0.1, 0.15) is 38.5 Å². The van der Waals surface area contributed by atoms with Crippen molar-refractivity contribution in [2.24, 2.45) is 5.92 Å². The molecule has 2 N–H and O–H groups in total. The van der Waals surface area contributed by atoms with Crippen LogP contribution < -0.4 is 10.2 Å². The number of aliphatic carboxylic acids is 1. The van der Waals surface area contributed by atoms with E-state index in [-0.39, 0.29) is 30.8 Å². The molecule has 1 aromatic carbocycles. The molecule has 2 fully saturated rings. The summed E-state index contributed by atoms with van der Waals surface area (Å²) in [6.07, 6.45) is 4.59. The van der Waals surface area contributed by atoms with Crippen LogP contribution in [0.5, 0.6) is 0 Å². The predicted octanol–water partition coefficient (Wildman–Crippen LogP) is 2.50. The summed E-state index contributed by atoms with van der Waals surface area (Å²) in [4.78, 5) is 41.3. The second kappa shape index (κ2) is 8.09. The highest BCUT2D eigenvalue weighted by molar-refractivity contribution is 6.15. The van der Waals surface area contributed by atoms with Gasteiger partial charge in [0.1, 0.15) is 5.54 Å². The van der Waals surface area contributed by atoms with E-state index in [1.54, 1.807) is 4.90 Å². The number of carbonyl (C=O) groups excluding carboxylic acids is 2. The highest BCUT2D eigenvalue weighted by Crippen LogP contribution is 2.45. The summed E-state index contributed by atoms with van der Waals surface area (Å²) in [5, 5.41) is 12.3. The maximum absolute atomic E-state index is 13.4. The second-order valence-corrected chi connectivity index (χ2v) is 7.85. The number of rotatable bonds is 3. The Bertz CT molecular complexity index is 778. The lowest BCUT2D eigenvalue weighted by atomic mass is 9.89. The van der Waals surface area contributed by atoms with Gasteiger partial charge in [0.05, 0.1) is 23.8 Å². The van der Waals surface area contributed by atoms with Crippen LogP contribution in [-0.2, 0) is 14.4 Å². The highest BCUT2D eigenvalue weighted by atomic mass is 35.5. The van der Waals surface area contributed by atoms with Gasteiger partial charge in [-0.05, 0) is 44.4 Å². The summed E-state index contributed by atoms with van der Waals surface area (Å²) < 4.78 is 0. The van der Waals surface area contributed by atoms with E-state index >= 15 is 0 Å². The number of para-hydroxylation sites is 2. The smallest absolute Gasteiger partial charge is 0.307 e. The lowest BCUT2D eigenvalue weighted by Gasteiger charge is -2.45. The molecule has 1 atom stereocenters. The number of carboxylic acids is 1. The van der Waals surface area contributed by atoms with Crippen molar-refractivity contribution < 1.29 is 19.5 Å². The molecule has 3 aliphatic rings. The van der Waals surface area contributed by atoms with Crippen LogP contribution >= 0.6 is 12.4 Å². The number of hydrogen-bond acceptors (Lipinski definition) is 4. The Morgan fingerprint density at radius 1 is 1.18 bits per heavy atom. The zero-order valence-electron chi connectivity index (χ0n) is 15.7. The molecule has 1 saturated heterocycles. The van der Waals surface area contributed by atoms with E-state index in [1.165, 1.54) is 0 Å². The van der Waals surface area contributed by atoms with Gasteiger partial charge in [0.2, 0.25) is 5.91 Å². The Morgan fingerprint density at radius 2 is 1.89 bits per heavy atom. The summed E-state index contributed by atoms with van der Waals surface area (Å²) in [5.74, 6) is -1.45. The van der Waals surface area contributed by atoms with Gasteiger partial charge in [-0.2, -0.15) is 0 Å². The van der Waals surface area contributed by atoms with Gasteiger partial charge in [0, 0.05) is 6.54 Å². The first-order valence-electron chi connectivity index (χ1n) is 9.70. The number of carbonyl (C=O) groups is 3. The van der Waals surface area contributed by atoms with Gasteiger partial charge >= 0.3 is 5.97 Å². The lowest BCUT2D eigenvalue weighted by molar-refractivity contribution is -0.144. The van der Waals surface area contributed by atoms with E-state index < -0.39 is 17.4 Å². The number of carboxylic acid groups (broad SMARTS) is 1. The third-order valence-electron chi connectivity index (χ3n) is 6.14. The van der Waals surface area contributed by atoms with Gasteiger partial charge in [-0.15, -0.1) is 12.4 Å². The van der Waals surface area contributed by atoms with E-state index in [0.29, 0.717) is 38.0 Å². The molecule has 4 rings (SSSR count). The standard InChI is InChI=1S/C20H25N3O4.ClH/c24-17(13-22-11-5-6-14(12-22)18(25)26)23-16-8-2-1-7-15(16)21-19(27)20(23)9-3-4-10-20;/h1-2,7-8,14H,3-6,9-13H2,(H,21,27)(H,25,26);1H. The third kappa shape index (κ3) is 3.49. The number of nitrogens with zero attached hydrogens (tertiary/aromatic N) is 2. The van der Waals surface area contributed by atoms with E-state index in [2.05, 4.69) is 5.32 Å². The number of benzene rings is 1. The van der Waals surface area contributed by atoms with Crippen molar-refractivity contribution in [2.45, 2.75) is 44.1 Å². The monoisotopic (exact) mass is 407 g/mol. The molecular formula is C20H26ClN3O4. The first-order chi connectivity index (χ1) is 13.0. The number of amides is 2. The molecule has 0 radical (unpaired) electrons. The fraction of sp³-hybridized carbons (Fsp3) is 0.550. The molecule has 2 aliphatic heterocycles. The van der Waals surface area contributed by atoms with Crippen molar-refractivity contribution in [3.63, 3.8) is 0 Å². The van der Waals surface area contributed by atoms with Gasteiger partial charge in [-0.1, -0.05) is 25.0 Å². The number of fused-ring (bicyclic) bond motifs is 1. The van der Waals surface area contributed by atoms with Crippen molar-refractivity contribution in [1.82, 2.24) is 4.90 Å². The minimum absolute atomic E-state index is 0. The maximum Gasteiger partial charge on any atom is 0.307 e. The number of hydrogen-bond donors (Lipinski definition) is 2. The van der Waals surface area contributed by atoms with E-state index in [1.807, 2.05) is 29.2 Å². The fourth-order valence-electron chi connectivity index (χ4n) is 4.79. The summed E-state index contributed by atoms with van der Waals surface area (Å²) in [7, 11) is 0. The molecule has 1 aliphatic carbocycles. The van der Waals surface area contributed by atoms with E-state index in [0.717, 1.165) is 24.9 Å². The lowest BCUT2D eigenvalue weighted by Crippen LogP contribution is -2.62. The molecule has 1 aromatic rings. The van der Waals surface area contributed by atoms with Crippen molar-refractivity contribution in [2.75, 3.05) is 29.9 Å². The molecule has 7 nitrogen and oxygen atoms in total. The van der Waals surface area contributed by atoms with Gasteiger partial charge < -0.3 is 10.4 Å². The first kappa shape index (κ1) is 20.6. The fourth-order valence-corrected chi connectivity index (χ4v) is 4.79. The molecule has 1 spiro atoms. The topological polar surface area (TPSA) is 89.9 Å². The quantitative estimate of drug-likeness (QED) is 0.803. The Morgan fingerprint density at radius 3 is 2.61 bits per heavy atom. The number of nitrogens with one attached hydrogen (secondary N) is 1. The van der Waals surface area contributed by atoms with E-state index in [9.17, 15) is 19.5 Å². The largest absolute Gasteiger partial charge is 0.481 e. The molecule has 8 heteroatoms. The van der Waals surface area contributed by atoms with Gasteiger partial charge in [0.25, 0.3) is 5.91 Å². The molecule has 0 aromatic heterocycles. The second-order valence-electron chi connectivity index (χ2n) is 7.85. The van der Waals surface area contributed by atoms with Crippen molar-refractivity contribution >= 4 is 41.6 Å². The molecule has 2 amide bonds. The average Bonchev–Trinajstić information content (AvgIpc) is 3.13. The van der Waals surface area contributed by atoms with Crippen LogP contribution in [0.4, 0.5) is 11.4 Å². The Kier molecular flexibility index (Phi) is 5.95. The summed E-state index contributed by atoms with van der Waals surface area (Å²) >= 11 is 0. The zero-order valence-corrected chi connectivity index (χ0v) is 16.5.